The molecule has 13 rings (SSSR count). The van der Waals surface area contributed by atoms with Crippen molar-refractivity contribution in [3.63, 3.8) is 0 Å². The first-order chi connectivity index (χ1) is 31.7. The van der Waals surface area contributed by atoms with Gasteiger partial charge in [-0.1, -0.05) is 140 Å². The molecule has 64 heavy (non-hydrogen) atoms. The van der Waals surface area contributed by atoms with Gasteiger partial charge in [0.1, 0.15) is 11.2 Å². The summed E-state index contributed by atoms with van der Waals surface area (Å²) in [5, 5.41) is 7.37. The van der Waals surface area contributed by atoms with Gasteiger partial charge in [0.2, 0.25) is 0 Å². The summed E-state index contributed by atoms with van der Waals surface area (Å²) >= 11 is 1.86. The number of hydrogen-bond acceptors (Lipinski definition) is 3. The summed E-state index contributed by atoms with van der Waals surface area (Å²) in [5.74, 6) is 0. The molecule has 0 amide bonds. The quantitative estimate of drug-likeness (QED) is 0.159. The van der Waals surface area contributed by atoms with Crippen LogP contribution in [0.25, 0.3) is 103 Å². The van der Waals surface area contributed by atoms with Gasteiger partial charge in [-0.2, -0.15) is 0 Å². The Morgan fingerprint density at radius 1 is 0.312 bits per heavy atom. The Labute approximate surface area is 373 Å². The molecule has 0 spiro atoms. The fraction of sp³-hybridized carbons (Fsp3) is 0. The van der Waals surface area contributed by atoms with E-state index < -0.39 is 0 Å². The van der Waals surface area contributed by atoms with E-state index in [0.29, 0.717) is 0 Å². The normalized spacial score (nSPS) is 11.8. The van der Waals surface area contributed by atoms with Gasteiger partial charge in [-0.05, 0) is 118 Å². The average Bonchev–Trinajstić information content (AvgIpc) is 4.03. The molecule has 13 aromatic rings. The van der Waals surface area contributed by atoms with E-state index >= 15 is 0 Å². The molecule has 0 saturated carbocycles. The maximum absolute atomic E-state index is 6.36. The van der Waals surface area contributed by atoms with Crippen LogP contribution in [0.2, 0.25) is 0 Å². The third-order valence-corrected chi connectivity index (χ3v) is 14.0. The third-order valence-electron chi connectivity index (χ3n) is 12.8. The second kappa shape index (κ2) is 14.7. The SMILES string of the molecule is c1ccc(-c2ccc(N(c3ccc(-c4ccc(-n5c6ccccc6c6cc7c(cc65)oc5ccccc57)cc4)cc3)c3ccc(-c4ccc5sc6ccccc6c5c4)cc3)cc2)cc1. The van der Waals surface area contributed by atoms with Crippen molar-refractivity contribution in [2.45, 2.75) is 0 Å². The van der Waals surface area contributed by atoms with Crippen LogP contribution in [0.4, 0.5) is 17.1 Å². The third kappa shape index (κ3) is 6.03. The van der Waals surface area contributed by atoms with Crippen LogP contribution in [0.15, 0.2) is 235 Å². The van der Waals surface area contributed by atoms with Gasteiger partial charge in [-0.25, -0.2) is 0 Å². The molecular weight excluding hydrogens is 797 g/mol. The Morgan fingerprint density at radius 3 is 1.52 bits per heavy atom. The predicted molar refractivity (Wildman–Crippen MR) is 272 cm³/mol. The highest BCUT2D eigenvalue weighted by Crippen LogP contribution is 2.41. The molecule has 300 valence electrons. The summed E-state index contributed by atoms with van der Waals surface area (Å²) in [5.41, 5.74) is 15.7. The van der Waals surface area contributed by atoms with Crippen LogP contribution in [0.1, 0.15) is 0 Å². The molecule has 4 heteroatoms. The number of nitrogens with zero attached hydrogens (tertiary/aromatic N) is 2. The second-order valence-electron chi connectivity index (χ2n) is 16.5. The number of thiophene rings is 1. The van der Waals surface area contributed by atoms with Crippen molar-refractivity contribution in [2.75, 3.05) is 4.90 Å². The highest BCUT2D eigenvalue weighted by atomic mass is 32.1. The number of fused-ring (bicyclic) bond motifs is 9. The van der Waals surface area contributed by atoms with Crippen molar-refractivity contribution in [3.8, 4) is 39.1 Å². The second-order valence-corrected chi connectivity index (χ2v) is 17.6. The molecular formula is C60H38N2OS. The average molecular weight is 835 g/mol. The van der Waals surface area contributed by atoms with Crippen LogP contribution in [0.3, 0.4) is 0 Å². The highest BCUT2D eigenvalue weighted by Gasteiger charge is 2.18. The number of benzene rings is 10. The molecule has 10 aromatic carbocycles. The summed E-state index contributed by atoms with van der Waals surface area (Å²) < 4.78 is 11.4. The Balaban J connectivity index is 0.848. The van der Waals surface area contributed by atoms with Gasteiger partial charge in [-0.15, -0.1) is 11.3 Å². The number of furan rings is 1. The minimum atomic E-state index is 0.899. The van der Waals surface area contributed by atoms with Crippen molar-refractivity contribution in [1.29, 1.82) is 0 Å². The van der Waals surface area contributed by atoms with E-state index in [1.54, 1.807) is 0 Å². The number of aromatic nitrogens is 1. The number of anilines is 3. The summed E-state index contributed by atoms with van der Waals surface area (Å²) in [4.78, 5) is 2.35. The topological polar surface area (TPSA) is 21.3 Å². The van der Waals surface area contributed by atoms with E-state index in [2.05, 4.69) is 228 Å². The summed E-state index contributed by atoms with van der Waals surface area (Å²) in [6.07, 6.45) is 0. The summed E-state index contributed by atoms with van der Waals surface area (Å²) in [7, 11) is 0. The molecule has 0 radical (unpaired) electrons. The summed E-state index contributed by atoms with van der Waals surface area (Å²) in [6.45, 7) is 0. The lowest BCUT2D eigenvalue weighted by molar-refractivity contribution is 0.669. The van der Waals surface area contributed by atoms with E-state index in [-0.39, 0.29) is 0 Å². The molecule has 0 N–H and O–H groups in total. The van der Waals surface area contributed by atoms with Crippen LogP contribution in [-0.2, 0) is 0 Å². The molecule has 3 nitrogen and oxygen atoms in total. The molecule has 0 aliphatic rings. The van der Waals surface area contributed by atoms with Gasteiger partial charge in [0.05, 0.1) is 11.0 Å². The fourth-order valence-corrected chi connectivity index (χ4v) is 10.7. The molecule has 0 fully saturated rings. The standard InChI is InChI=1S/C60H38N2OS/c1-2-10-39(11-3-1)40-18-27-45(28-19-40)61(47-31-24-43(25-32-47)44-26-35-60-54(36-44)51-14-6-9-17-59(51)64-60)46-29-20-41(21-30-46)42-22-33-48(34-23-42)62-55-15-7-4-12-49(55)52-37-53-50-13-5-8-16-57(50)63-58(53)38-56(52)62/h1-38H. The van der Waals surface area contributed by atoms with Crippen molar-refractivity contribution in [2.24, 2.45) is 0 Å². The molecule has 0 aliphatic heterocycles. The Morgan fingerprint density at radius 2 is 0.828 bits per heavy atom. The molecule has 0 aliphatic carbocycles. The van der Waals surface area contributed by atoms with Gasteiger partial charge in [0, 0.05) is 70.5 Å². The summed E-state index contributed by atoms with van der Waals surface area (Å²) in [6, 6.07) is 83.4. The lowest BCUT2D eigenvalue weighted by Crippen LogP contribution is -2.09. The van der Waals surface area contributed by atoms with E-state index in [1.807, 2.05) is 23.5 Å². The smallest absolute Gasteiger partial charge is 0.137 e. The van der Waals surface area contributed by atoms with Crippen molar-refractivity contribution < 1.29 is 4.42 Å². The Hall–Kier alpha value is -8.18. The molecule has 3 heterocycles. The lowest BCUT2D eigenvalue weighted by Gasteiger charge is -2.26. The number of rotatable bonds is 7. The molecule has 0 saturated heterocycles. The van der Waals surface area contributed by atoms with E-state index in [9.17, 15) is 0 Å². The first-order valence-electron chi connectivity index (χ1n) is 21.7. The van der Waals surface area contributed by atoms with Gasteiger partial charge in [0.25, 0.3) is 0 Å². The van der Waals surface area contributed by atoms with Gasteiger partial charge >= 0.3 is 0 Å². The van der Waals surface area contributed by atoms with E-state index in [0.717, 1.165) is 61.3 Å². The highest BCUT2D eigenvalue weighted by molar-refractivity contribution is 7.25. The first kappa shape index (κ1) is 36.5. The van der Waals surface area contributed by atoms with Crippen LogP contribution in [-0.4, -0.2) is 4.57 Å². The zero-order chi connectivity index (χ0) is 42.1. The van der Waals surface area contributed by atoms with Crippen LogP contribution in [0.5, 0.6) is 0 Å². The van der Waals surface area contributed by atoms with E-state index in [1.165, 1.54) is 58.7 Å². The zero-order valence-electron chi connectivity index (χ0n) is 34.7. The van der Waals surface area contributed by atoms with Crippen molar-refractivity contribution in [3.05, 3.63) is 231 Å². The monoisotopic (exact) mass is 834 g/mol. The number of para-hydroxylation sites is 2. The Bertz CT molecular complexity index is 3860. The van der Waals surface area contributed by atoms with Crippen LogP contribution in [0, 0.1) is 0 Å². The molecule has 0 atom stereocenters. The fourth-order valence-electron chi connectivity index (χ4n) is 9.66. The van der Waals surface area contributed by atoms with Crippen LogP contribution >= 0.6 is 11.3 Å². The Kier molecular flexibility index (Phi) is 8.40. The number of hydrogen-bond donors (Lipinski definition) is 0. The van der Waals surface area contributed by atoms with Crippen molar-refractivity contribution in [1.82, 2.24) is 4.57 Å². The van der Waals surface area contributed by atoms with Crippen molar-refractivity contribution >= 4 is 92.3 Å². The van der Waals surface area contributed by atoms with Gasteiger partial charge in [-0.3, -0.25) is 0 Å². The minimum absolute atomic E-state index is 0.899. The molecule has 3 aromatic heterocycles. The molecule has 0 unspecified atom stereocenters. The van der Waals surface area contributed by atoms with Crippen LogP contribution < -0.4 is 4.90 Å². The first-order valence-corrected chi connectivity index (χ1v) is 22.5. The maximum atomic E-state index is 6.36. The van der Waals surface area contributed by atoms with Gasteiger partial charge in [0.15, 0.2) is 0 Å². The largest absolute Gasteiger partial charge is 0.456 e. The maximum Gasteiger partial charge on any atom is 0.137 e. The van der Waals surface area contributed by atoms with E-state index in [4.69, 9.17) is 4.42 Å². The zero-order valence-corrected chi connectivity index (χ0v) is 35.5. The lowest BCUT2D eigenvalue weighted by atomic mass is 10.0. The minimum Gasteiger partial charge on any atom is -0.456 e. The predicted octanol–water partition coefficient (Wildman–Crippen LogP) is 17.5. The van der Waals surface area contributed by atoms with Gasteiger partial charge < -0.3 is 13.9 Å². The molecule has 0 bridgehead atoms.